The number of hydrogen-bond acceptors (Lipinski definition) is 0. The Morgan fingerprint density at radius 3 is 2.43 bits per heavy atom. The maximum absolute atomic E-state index is 2.91. The van der Waals surface area contributed by atoms with Crippen molar-refractivity contribution in [1.82, 2.24) is 0 Å². The summed E-state index contributed by atoms with van der Waals surface area (Å²) in [6.45, 7) is 2.24. The second-order valence-corrected chi connectivity index (χ2v) is 11.2. The van der Waals surface area contributed by atoms with Crippen LogP contribution in [0.1, 0.15) is 13.3 Å². The van der Waals surface area contributed by atoms with Crippen LogP contribution in [0, 0.1) is 0 Å². The van der Waals surface area contributed by atoms with Crippen molar-refractivity contribution in [3.05, 3.63) is 0 Å². The zero-order valence-electron chi connectivity index (χ0n) is 4.52. The van der Waals surface area contributed by atoms with E-state index < -0.39 is 0 Å². The fourth-order valence-electron chi connectivity index (χ4n) is 0.305. The minimum atomic E-state index is 0.329. The van der Waals surface area contributed by atoms with Gasteiger partial charge >= 0.3 is 0 Å². The van der Waals surface area contributed by atoms with E-state index >= 15 is 0 Å². The molecule has 0 spiro atoms. The lowest BCUT2D eigenvalue weighted by Gasteiger charge is -2.03. The van der Waals surface area contributed by atoms with Gasteiger partial charge in [0.25, 0.3) is 0 Å². The van der Waals surface area contributed by atoms with Crippen LogP contribution in [0.25, 0.3) is 0 Å². The van der Waals surface area contributed by atoms with Crippen molar-refractivity contribution in [3.8, 4) is 0 Å². The van der Waals surface area contributed by atoms with Gasteiger partial charge in [0.2, 0.25) is 0 Å². The van der Waals surface area contributed by atoms with Crippen molar-refractivity contribution in [3.63, 3.8) is 0 Å². The Labute approximate surface area is 53.2 Å². The highest BCUT2D eigenvalue weighted by molar-refractivity contribution is 8.61. The fraction of sp³-hybridized carbons (Fsp3) is 1.00. The lowest BCUT2D eigenvalue weighted by molar-refractivity contribution is 1.11. The first-order chi connectivity index (χ1) is 3.31. The van der Waals surface area contributed by atoms with Crippen LogP contribution in [-0.2, 0) is 0 Å². The Balaban J connectivity index is 2.83. The molecule has 0 aromatic heterocycles. The van der Waals surface area contributed by atoms with Crippen LogP contribution in [0.15, 0.2) is 0 Å². The fourth-order valence-corrected chi connectivity index (χ4v) is 3.91. The largest absolute Gasteiger partial charge is 0.110 e. The van der Waals surface area contributed by atoms with Crippen LogP contribution < -0.4 is 0 Å². The van der Waals surface area contributed by atoms with Crippen molar-refractivity contribution < 1.29 is 0 Å². The number of hydrogen-bond donors (Lipinski definition) is 0. The summed E-state index contributed by atoms with van der Waals surface area (Å²) < 4.78 is 0. The predicted molar refractivity (Wildman–Crippen MR) is 49.8 cm³/mol. The van der Waals surface area contributed by atoms with Crippen molar-refractivity contribution in [2.45, 2.75) is 13.3 Å². The van der Waals surface area contributed by atoms with E-state index in [0.717, 1.165) is 7.96 Å². The molecule has 0 rings (SSSR count). The van der Waals surface area contributed by atoms with Crippen molar-refractivity contribution in [1.29, 1.82) is 0 Å². The molecule has 0 aromatic rings. The molecule has 0 N–H and O–H groups in total. The molecular formula is C3H12P4. The third kappa shape index (κ3) is 5.59. The Hall–Kier alpha value is 1.72. The highest BCUT2D eigenvalue weighted by Gasteiger charge is 1.91. The summed E-state index contributed by atoms with van der Waals surface area (Å²) in [5.41, 5.74) is 0. The summed E-state index contributed by atoms with van der Waals surface area (Å²) in [6.07, 6.45) is 2.76. The second-order valence-electron chi connectivity index (χ2n) is 1.32. The van der Waals surface area contributed by atoms with E-state index in [0.29, 0.717) is 7.30 Å². The van der Waals surface area contributed by atoms with E-state index in [1.165, 1.54) is 12.6 Å². The van der Waals surface area contributed by atoms with E-state index in [1.54, 1.807) is 0 Å². The first-order valence-electron chi connectivity index (χ1n) is 2.29. The van der Waals surface area contributed by atoms with E-state index in [1.807, 2.05) is 0 Å². The van der Waals surface area contributed by atoms with Gasteiger partial charge < -0.3 is 0 Å². The lowest BCUT2D eigenvalue weighted by Crippen LogP contribution is -1.64. The van der Waals surface area contributed by atoms with Gasteiger partial charge in [0.05, 0.1) is 0 Å². The molecule has 0 heterocycles. The first kappa shape index (κ1) is 8.72. The monoisotopic (exact) mass is 172 g/mol. The van der Waals surface area contributed by atoms with Crippen molar-refractivity contribution >= 4 is 33.1 Å². The molecule has 44 valence electrons. The van der Waals surface area contributed by atoms with Crippen molar-refractivity contribution in [2.24, 2.45) is 0 Å². The summed E-state index contributed by atoms with van der Waals surface area (Å²) in [4.78, 5) is 0. The molecule has 0 aliphatic carbocycles. The molecule has 0 saturated carbocycles. The van der Waals surface area contributed by atoms with Crippen LogP contribution in [0.4, 0.5) is 0 Å². The van der Waals surface area contributed by atoms with E-state index in [4.69, 9.17) is 0 Å². The SMILES string of the molecule is CCCP(P)PP. The van der Waals surface area contributed by atoms with Crippen LogP contribution in [0.5, 0.6) is 0 Å². The molecular weight excluding hydrogens is 160 g/mol. The maximum atomic E-state index is 2.91. The smallest absolute Gasteiger partial charge is 0.0255 e. The molecule has 4 atom stereocenters. The summed E-state index contributed by atoms with van der Waals surface area (Å²) in [5.74, 6) is 0. The molecule has 0 saturated heterocycles. The van der Waals surface area contributed by atoms with Crippen LogP contribution in [0.2, 0.25) is 0 Å². The third-order valence-corrected chi connectivity index (χ3v) is 11.3. The van der Waals surface area contributed by atoms with Gasteiger partial charge in [-0.25, -0.2) is 0 Å². The lowest BCUT2D eigenvalue weighted by atomic mass is 10.6. The molecule has 0 amide bonds. The molecule has 4 heteroatoms. The van der Waals surface area contributed by atoms with Gasteiger partial charge in [0, 0.05) is 0 Å². The number of rotatable bonds is 3. The van der Waals surface area contributed by atoms with Crippen LogP contribution >= 0.6 is 33.1 Å². The molecule has 0 bridgehead atoms. The first-order valence-corrected chi connectivity index (χ1v) is 9.09. The Morgan fingerprint density at radius 1 is 1.71 bits per heavy atom. The van der Waals surface area contributed by atoms with Crippen molar-refractivity contribution in [2.75, 3.05) is 6.16 Å². The Morgan fingerprint density at radius 2 is 2.29 bits per heavy atom. The topological polar surface area (TPSA) is 0 Å². The molecule has 0 fully saturated rings. The molecule has 4 unspecified atom stereocenters. The molecule has 0 aliphatic heterocycles. The second kappa shape index (κ2) is 5.85. The summed E-state index contributed by atoms with van der Waals surface area (Å²) in [7, 11) is 7.13. The Kier molecular flexibility index (Phi) is 7.29. The van der Waals surface area contributed by atoms with Gasteiger partial charge in [-0.1, -0.05) is 28.6 Å². The van der Waals surface area contributed by atoms with Gasteiger partial charge in [0.15, 0.2) is 0 Å². The normalized spacial score (nSPS) is 15.9. The van der Waals surface area contributed by atoms with Gasteiger partial charge in [0.1, 0.15) is 0 Å². The van der Waals surface area contributed by atoms with E-state index in [9.17, 15) is 0 Å². The average Bonchev–Trinajstić information content (AvgIpc) is 1.68. The third-order valence-electron chi connectivity index (χ3n) is 0.630. The molecule has 7 heavy (non-hydrogen) atoms. The minimum Gasteiger partial charge on any atom is -0.110 e. The highest BCUT2D eigenvalue weighted by Crippen LogP contribution is 2.65. The minimum absolute atomic E-state index is 0.329. The van der Waals surface area contributed by atoms with Gasteiger partial charge in [-0.05, 0) is 6.16 Å². The van der Waals surface area contributed by atoms with Gasteiger partial charge in [-0.3, -0.25) is 0 Å². The average molecular weight is 172 g/mol. The van der Waals surface area contributed by atoms with E-state index in [2.05, 4.69) is 24.8 Å². The van der Waals surface area contributed by atoms with Gasteiger partial charge in [-0.2, -0.15) is 0 Å². The Bertz CT molecular complexity index is 37.9. The quantitative estimate of drug-likeness (QED) is 0.574. The zero-order chi connectivity index (χ0) is 5.70. The summed E-state index contributed by atoms with van der Waals surface area (Å²) in [5, 5.41) is 0. The van der Waals surface area contributed by atoms with E-state index in [-0.39, 0.29) is 0 Å². The van der Waals surface area contributed by atoms with Crippen LogP contribution in [-0.4, -0.2) is 6.16 Å². The summed E-state index contributed by atoms with van der Waals surface area (Å²) >= 11 is 0. The molecule has 0 aromatic carbocycles. The molecule has 0 aliphatic rings. The van der Waals surface area contributed by atoms with Crippen LogP contribution in [0.3, 0.4) is 0 Å². The molecule has 0 nitrogen and oxygen atoms in total. The maximum Gasteiger partial charge on any atom is -0.0255 e. The standard InChI is InChI=1S/C3H12P4/c1-2-3-7(5)6-4/h6H,2-5H2,1H3. The van der Waals surface area contributed by atoms with Gasteiger partial charge in [-0.15, -0.1) is 17.9 Å². The summed E-state index contributed by atoms with van der Waals surface area (Å²) in [6, 6.07) is 0. The predicted octanol–water partition coefficient (Wildman–Crippen LogP) is 3.05. The zero-order valence-corrected chi connectivity index (χ0v) is 8.72. The molecule has 0 radical (unpaired) electrons. The highest BCUT2D eigenvalue weighted by atomic mass is 32.6.